The first-order valence-electron chi connectivity index (χ1n) is 5.07. The fourth-order valence-corrected chi connectivity index (χ4v) is 2.04. The third-order valence-corrected chi connectivity index (χ3v) is 2.83. The summed E-state index contributed by atoms with van der Waals surface area (Å²) in [5.74, 6) is -0.554. The summed E-state index contributed by atoms with van der Waals surface area (Å²) in [6, 6.07) is 1.35. The standard InChI is InChI=1S/C11H13FN2O/c12-9-3-8(5-14-6-9)11(15)7-1-2-10(13)4-7/h3,5-7,10H,1-2,4,13H2. The number of nitrogens with zero attached hydrogens (tertiary/aromatic N) is 1. The van der Waals surface area contributed by atoms with Crippen molar-refractivity contribution in [2.75, 3.05) is 0 Å². The van der Waals surface area contributed by atoms with Crippen LogP contribution in [0.25, 0.3) is 0 Å². The van der Waals surface area contributed by atoms with Gasteiger partial charge in [0.25, 0.3) is 0 Å². The lowest BCUT2D eigenvalue weighted by Crippen LogP contribution is -2.18. The average molecular weight is 208 g/mol. The third kappa shape index (κ3) is 2.21. The van der Waals surface area contributed by atoms with Crippen LogP contribution in [0.2, 0.25) is 0 Å². The lowest BCUT2D eigenvalue weighted by molar-refractivity contribution is 0.0921. The second kappa shape index (κ2) is 4.06. The summed E-state index contributed by atoms with van der Waals surface area (Å²) in [6.45, 7) is 0. The van der Waals surface area contributed by atoms with Gasteiger partial charge in [0.1, 0.15) is 5.82 Å². The highest BCUT2D eigenvalue weighted by Gasteiger charge is 2.28. The molecule has 1 heterocycles. The molecule has 0 radical (unpaired) electrons. The molecule has 2 atom stereocenters. The molecule has 80 valence electrons. The molecule has 1 aromatic rings. The minimum atomic E-state index is -0.469. The quantitative estimate of drug-likeness (QED) is 0.750. The lowest BCUT2D eigenvalue weighted by atomic mass is 9.97. The monoisotopic (exact) mass is 208 g/mol. The minimum Gasteiger partial charge on any atom is -0.328 e. The highest BCUT2D eigenvalue weighted by Crippen LogP contribution is 2.27. The van der Waals surface area contributed by atoms with Crippen molar-refractivity contribution in [3.8, 4) is 0 Å². The van der Waals surface area contributed by atoms with Crippen molar-refractivity contribution >= 4 is 5.78 Å². The minimum absolute atomic E-state index is 0.0325. The van der Waals surface area contributed by atoms with Gasteiger partial charge in [-0.1, -0.05) is 0 Å². The topological polar surface area (TPSA) is 56.0 Å². The fourth-order valence-electron chi connectivity index (χ4n) is 2.04. The number of pyridine rings is 1. The van der Waals surface area contributed by atoms with Crippen molar-refractivity contribution in [2.24, 2.45) is 11.7 Å². The Bertz CT molecular complexity index is 381. The first-order valence-corrected chi connectivity index (χ1v) is 5.07. The van der Waals surface area contributed by atoms with Crippen LogP contribution in [0, 0.1) is 11.7 Å². The molecule has 4 heteroatoms. The Morgan fingerprint density at radius 1 is 1.47 bits per heavy atom. The molecule has 0 bridgehead atoms. The lowest BCUT2D eigenvalue weighted by Gasteiger charge is -2.07. The van der Waals surface area contributed by atoms with Crippen LogP contribution in [0.3, 0.4) is 0 Å². The molecule has 0 spiro atoms. The maximum Gasteiger partial charge on any atom is 0.167 e. The van der Waals surface area contributed by atoms with Crippen molar-refractivity contribution < 1.29 is 9.18 Å². The van der Waals surface area contributed by atoms with Gasteiger partial charge in [-0.05, 0) is 25.3 Å². The van der Waals surface area contributed by atoms with E-state index in [0.717, 1.165) is 19.0 Å². The van der Waals surface area contributed by atoms with Gasteiger partial charge in [-0.3, -0.25) is 9.78 Å². The van der Waals surface area contributed by atoms with E-state index >= 15 is 0 Å². The number of nitrogens with two attached hydrogens (primary N) is 1. The van der Waals surface area contributed by atoms with Gasteiger partial charge in [0, 0.05) is 23.7 Å². The van der Waals surface area contributed by atoms with E-state index in [4.69, 9.17) is 5.73 Å². The number of aromatic nitrogens is 1. The molecule has 0 aliphatic heterocycles. The van der Waals surface area contributed by atoms with Gasteiger partial charge < -0.3 is 5.73 Å². The second-order valence-corrected chi connectivity index (χ2v) is 4.03. The van der Waals surface area contributed by atoms with E-state index in [1.54, 1.807) is 0 Å². The number of hydrogen-bond acceptors (Lipinski definition) is 3. The summed E-state index contributed by atoms with van der Waals surface area (Å²) in [6.07, 6.45) is 4.89. The van der Waals surface area contributed by atoms with E-state index in [2.05, 4.69) is 4.98 Å². The predicted molar refractivity (Wildman–Crippen MR) is 53.8 cm³/mol. The summed E-state index contributed by atoms with van der Waals surface area (Å²) < 4.78 is 12.9. The summed E-state index contributed by atoms with van der Waals surface area (Å²) >= 11 is 0. The molecule has 1 aliphatic carbocycles. The summed E-state index contributed by atoms with van der Waals surface area (Å²) in [7, 11) is 0. The SMILES string of the molecule is NC1CCC(C(=O)c2cncc(F)c2)C1. The van der Waals surface area contributed by atoms with Crippen molar-refractivity contribution in [2.45, 2.75) is 25.3 Å². The van der Waals surface area contributed by atoms with Crippen molar-refractivity contribution in [3.63, 3.8) is 0 Å². The molecular weight excluding hydrogens is 195 g/mol. The molecule has 15 heavy (non-hydrogen) atoms. The Morgan fingerprint density at radius 2 is 2.27 bits per heavy atom. The van der Waals surface area contributed by atoms with Crippen molar-refractivity contribution in [1.82, 2.24) is 4.98 Å². The fraction of sp³-hybridized carbons (Fsp3) is 0.455. The van der Waals surface area contributed by atoms with E-state index in [-0.39, 0.29) is 17.7 Å². The zero-order chi connectivity index (χ0) is 10.8. The van der Waals surface area contributed by atoms with E-state index in [9.17, 15) is 9.18 Å². The van der Waals surface area contributed by atoms with Gasteiger partial charge in [-0.15, -0.1) is 0 Å². The highest BCUT2D eigenvalue weighted by molar-refractivity contribution is 5.97. The van der Waals surface area contributed by atoms with Gasteiger partial charge in [-0.2, -0.15) is 0 Å². The summed E-state index contributed by atoms with van der Waals surface area (Å²) in [5, 5.41) is 0. The number of ketones is 1. The number of Topliss-reactive ketones (excluding diaryl/α,β-unsaturated/α-hetero) is 1. The molecule has 0 saturated heterocycles. The molecule has 1 fully saturated rings. The van der Waals surface area contributed by atoms with Crippen LogP contribution in [-0.4, -0.2) is 16.8 Å². The van der Waals surface area contributed by atoms with Crippen molar-refractivity contribution in [3.05, 3.63) is 29.8 Å². The Balaban J connectivity index is 2.14. The van der Waals surface area contributed by atoms with Gasteiger partial charge in [0.2, 0.25) is 0 Å². The molecule has 1 saturated carbocycles. The first-order chi connectivity index (χ1) is 7.16. The maximum absolute atomic E-state index is 12.9. The van der Waals surface area contributed by atoms with Gasteiger partial charge in [0.05, 0.1) is 6.20 Å². The zero-order valence-corrected chi connectivity index (χ0v) is 8.32. The molecule has 0 amide bonds. The Labute approximate surface area is 87.5 Å². The largest absolute Gasteiger partial charge is 0.328 e. The Hall–Kier alpha value is -1.29. The Kier molecular flexibility index (Phi) is 2.77. The Morgan fingerprint density at radius 3 is 2.87 bits per heavy atom. The number of carbonyl (C=O) groups excluding carboxylic acids is 1. The predicted octanol–water partition coefficient (Wildman–Crippen LogP) is 1.53. The number of rotatable bonds is 2. The molecule has 2 N–H and O–H groups in total. The number of carbonyl (C=O) groups is 1. The third-order valence-electron chi connectivity index (χ3n) is 2.83. The molecule has 2 unspecified atom stereocenters. The van der Waals surface area contributed by atoms with E-state index in [0.29, 0.717) is 12.0 Å². The van der Waals surface area contributed by atoms with Gasteiger partial charge in [-0.25, -0.2) is 4.39 Å². The summed E-state index contributed by atoms with van der Waals surface area (Å²) in [4.78, 5) is 15.6. The average Bonchev–Trinajstić information content (AvgIpc) is 2.64. The van der Waals surface area contributed by atoms with Crippen LogP contribution in [0.15, 0.2) is 18.5 Å². The normalized spacial score (nSPS) is 25.5. The van der Waals surface area contributed by atoms with Crippen LogP contribution in [0.5, 0.6) is 0 Å². The number of halogens is 1. The van der Waals surface area contributed by atoms with Gasteiger partial charge >= 0.3 is 0 Å². The van der Waals surface area contributed by atoms with Crippen LogP contribution < -0.4 is 5.73 Å². The molecular formula is C11H13FN2O. The number of hydrogen-bond donors (Lipinski definition) is 1. The molecule has 1 aromatic heterocycles. The molecule has 1 aliphatic rings. The van der Waals surface area contributed by atoms with E-state index in [1.807, 2.05) is 0 Å². The molecule has 0 aromatic carbocycles. The molecule has 3 nitrogen and oxygen atoms in total. The van der Waals surface area contributed by atoms with Crippen LogP contribution in [-0.2, 0) is 0 Å². The van der Waals surface area contributed by atoms with Crippen LogP contribution >= 0.6 is 0 Å². The van der Waals surface area contributed by atoms with Crippen LogP contribution in [0.1, 0.15) is 29.6 Å². The van der Waals surface area contributed by atoms with E-state index in [1.165, 1.54) is 12.3 Å². The maximum atomic E-state index is 12.9. The first kappa shape index (κ1) is 10.2. The second-order valence-electron chi connectivity index (χ2n) is 4.03. The molecule has 2 rings (SSSR count). The van der Waals surface area contributed by atoms with Crippen LogP contribution in [0.4, 0.5) is 4.39 Å². The van der Waals surface area contributed by atoms with Gasteiger partial charge in [0.15, 0.2) is 5.78 Å². The smallest absolute Gasteiger partial charge is 0.167 e. The van der Waals surface area contributed by atoms with Crippen molar-refractivity contribution in [1.29, 1.82) is 0 Å². The highest BCUT2D eigenvalue weighted by atomic mass is 19.1. The zero-order valence-electron chi connectivity index (χ0n) is 8.32. The van der Waals surface area contributed by atoms with E-state index < -0.39 is 5.82 Å². The summed E-state index contributed by atoms with van der Waals surface area (Å²) in [5.41, 5.74) is 6.08.